The quantitative estimate of drug-likeness (QED) is 0.908. The number of imidazole rings is 1. The molecule has 0 aliphatic carbocycles. The normalized spacial score (nSPS) is 17.1. The summed E-state index contributed by atoms with van der Waals surface area (Å²) in [5.74, 6) is -0.0260. The number of hydrogen-bond donors (Lipinski definition) is 1. The van der Waals surface area contributed by atoms with Crippen LogP contribution in [0, 0.1) is 0 Å². The van der Waals surface area contributed by atoms with E-state index in [0.29, 0.717) is 31.5 Å². The number of hydrogen-bond acceptors (Lipinski definition) is 4. The number of amides is 1. The topological polar surface area (TPSA) is 86.4 Å². The van der Waals surface area contributed by atoms with Gasteiger partial charge >= 0.3 is 0 Å². The number of carbonyl (C=O) groups is 1. The van der Waals surface area contributed by atoms with Crippen LogP contribution >= 0.6 is 0 Å². The Labute approximate surface area is 135 Å². The molecule has 1 aromatic carbocycles. The van der Waals surface area contributed by atoms with Crippen molar-refractivity contribution in [2.75, 3.05) is 26.4 Å². The van der Waals surface area contributed by atoms with Gasteiger partial charge in [-0.3, -0.25) is 4.79 Å². The summed E-state index contributed by atoms with van der Waals surface area (Å²) in [6.45, 7) is 1.12. The molecule has 1 aliphatic heterocycles. The minimum atomic E-state index is -3.19. The Bertz CT molecular complexity index is 822. The number of carbonyl (C=O) groups excluding carboxylic acids is 1. The highest BCUT2D eigenvalue weighted by atomic mass is 32.2. The standard InChI is InChI=1S/C15H20N4O3S/c1-18(23(2,21)22)12-5-7-19(8-6-12)15(20)11-3-4-13-14(9-11)17-10-16-13/h3-4,9-10,12H,5-8H2,1-2H3,(H,16,17). The molecule has 2 aromatic rings. The molecule has 0 atom stereocenters. The van der Waals surface area contributed by atoms with E-state index in [2.05, 4.69) is 9.97 Å². The zero-order valence-electron chi connectivity index (χ0n) is 13.2. The van der Waals surface area contributed by atoms with Gasteiger partial charge in [0.15, 0.2) is 0 Å². The number of H-pyrrole nitrogens is 1. The molecule has 1 N–H and O–H groups in total. The Morgan fingerprint density at radius 2 is 2.04 bits per heavy atom. The molecule has 8 heteroatoms. The summed E-state index contributed by atoms with van der Waals surface area (Å²) < 4.78 is 24.6. The zero-order valence-corrected chi connectivity index (χ0v) is 14.0. The molecular formula is C15H20N4O3S. The number of nitrogens with one attached hydrogen (secondary N) is 1. The first kappa shape index (κ1) is 15.9. The molecule has 1 aromatic heterocycles. The highest BCUT2D eigenvalue weighted by Gasteiger charge is 2.29. The van der Waals surface area contributed by atoms with Gasteiger partial charge in [0.05, 0.1) is 23.6 Å². The van der Waals surface area contributed by atoms with E-state index in [1.54, 1.807) is 30.4 Å². The summed E-state index contributed by atoms with van der Waals surface area (Å²) in [7, 11) is -1.59. The summed E-state index contributed by atoms with van der Waals surface area (Å²) >= 11 is 0. The van der Waals surface area contributed by atoms with E-state index in [9.17, 15) is 13.2 Å². The first-order chi connectivity index (χ1) is 10.9. The van der Waals surface area contributed by atoms with Crippen molar-refractivity contribution in [3.63, 3.8) is 0 Å². The summed E-state index contributed by atoms with van der Waals surface area (Å²) in [5.41, 5.74) is 2.29. The van der Waals surface area contributed by atoms with Crippen molar-refractivity contribution in [3.8, 4) is 0 Å². The second kappa shape index (κ2) is 5.93. The van der Waals surface area contributed by atoms with Crippen molar-refractivity contribution >= 4 is 27.0 Å². The maximum absolute atomic E-state index is 12.6. The molecule has 0 spiro atoms. The zero-order chi connectivity index (χ0) is 16.6. The Kier molecular flexibility index (Phi) is 4.11. The molecule has 1 fully saturated rings. The molecule has 0 saturated carbocycles. The average Bonchev–Trinajstić information content (AvgIpc) is 3.00. The summed E-state index contributed by atoms with van der Waals surface area (Å²) in [6, 6.07) is 5.37. The van der Waals surface area contributed by atoms with Gasteiger partial charge in [-0.1, -0.05) is 0 Å². The van der Waals surface area contributed by atoms with E-state index in [0.717, 1.165) is 11.0 Å². The number of fused-ring (bicyclic) bond motifs is 1. The number of benzene rings is 1. The number of aromatic amines is 1. The van der Waals surface area contributed by atoms with Gasteiger partial charge in [0.1, 0.15) is 0 Å². The molecule has 7 nitrogen and oxygen atoms in total. The van der Waals surface area contributed by atoms with Crippen LogP contribution in [0.5, 0.6) is 0 Å². The van der Waals surface area contributed by atoms with E-state index in [1.165, 1.54) is 10.6 Å². The molecule has 23 heavy (non-hydrogen) atoms. The molecular weight excluding hydrogens is 316 g/mol. The van der Waals surface area contributed by atoms with Gasteiger partial charge in [0.2, 0.25) is 10.0 Å². The molecule has 0 unspecified atom stereocenters. The fraction of sp³-hybridized carbons (Fsp3) is 0.467. The van der Waals surface area contributed by atoms with Gasteiger partial charge < -0.3 is 9.88 Å². The van der Waals surface area contributed by atoms with Crippen LogP contribution in [0.3, 0.4) is 0 Å². The van der Waals surface area contributed by atoms with Gasteiger partial charge in [-0.25, -0.2) is 17.7 Å². The lowest BCUT2D eigenvalue weighted by molar-refractivity contribution is 0.0686. The van der Waals surface area contributed by atoms with Gasteiger partial charge in [0, 0.05) is 31.7 Å². The van der Waals surface area contributed by atoms with Gasteiger partial charge in [-0.15, -0.1) is 0 Å². The van der Waals surface area contributed by atoms with Gasteiger partial charge in [-0.05, 0) is 31.0 Å². The third kappa shape index (κ3) is 3.23. The SMILES string of the molecule is CN(C1CCN(C(=O)c2ccc3nc[nH]c3c2)CC1)S(C)(=O)=O. The van der Waals surface area contributed by atoms with E-state index < -0.39 is 10.0 Å². The number of piperidine rings is 1. The molecule has 0 bridgehead atoms. The lowest BCUT2D eigenvalue weighted by Crippen LogP contribution is -2.47. The van der Waals surface area contributed by atoms with Crippen LogP contribution in [0.1, 0.15) is 23.2 Å². The van der Waals surface area contributed by atoms with Crippen LogP contribution in [-0.4, -0.2) is 65.9 Å². The van der Waals surface area contributed by atoms with Crippen LogP contribution in [-0.2, 0) is 10.0 Å². The van der Waals surface area contributed by atoms with Crippen LogP contribution in [0.4, 0.5) is 0 Å². The molecule has 1 amide bonds. The summed E-state index contributed by atoms with van der Waals surface area (Å²) in [6.07, 6.45) is 4.12. The second-order valence-electron chi connectivity index (χ2n) is 5.94. The third-order valence-corrected chi connectivity index (χ3v) is 5.80. The van der Waals surface area contributed by atoms with Crippen molar-refractivity contribution in [2.45, 2.75) is 18.9 Å². The van der Waals surface area contributed by atoms with Crippen LogP contribution in [0.2, 0.25) is 0 Å². The Morgan fingerprint density at radius 3 is 2.70 bits per heavy atom. The molecule has 2 heterocycles. The fourth-order valence-electron chi connectivity index (χ4n) is 2.95. The predicted octanol–water partition coefficient (Wildman–Crippen LogP) is 1.06. The van der Waals surface area contributed by atoms with Crippen LogP contribution in [0.25, 0.3) is 11.0 Å². The Hall–Kier alpha value is -1.93. The number of aromatic nitrogens is 2. The second-order valence-corrected chi connectivity index (χ2v) is 7.98. The van der Waals surface area contributed by atoms with Crippen LogP contribution < -0.4 is 0 Å². The summed E-state index contributed by atoms with van der Waals surface area (Å²) in [5, 5.41) is 0. The predicted molar refractivity (Wildman–Crippen MR) is 87.6 cm³/mol. The maximum Gasteiger partial charge on any atom is 0.253 e. The molecule has 1 aliphatic rings. The van der Waals surface area contributed by atoms with Crippen molar-refractivity contribution in [1.82, 2.24) is 19.2 Å². The number of likely N-dealkylation sites (tertiary alicyclic amines) is 1. The van der Waals surface area contributed by atoms with Crippen LogP contribution in [0.15, 0.2) is 24.5 Å². The van der Waals surface area contributed by atoms with Gasteiger partial charge in [0.25, 0.3) is 5.91 Å². The lowest BCUT2D eigenvalue weighted by Gasteiger charge is -2.35. The van der Waals surface area contributed by atoms with Crippen molar-refractivity contribution in [2.24, 2.45) is 0 Å². The number of nitrogens with zero attached hydrogens (tertiary/aromatic N) is 3. The van der Waals surface area contributed by atoms with Crippen molar-refractivity contribution < 1.29 is 13.2 Å². The average molecular weight is 336 g/mol. The molecule has 1 saturated heterocycles. The van der Waals surface area contributed by atoms with Crippen molar-refractivity contribution in [3.05, 3.63) is 30.1 Å². The van der Waals surface area contributed by atoms with E-state index >= 15 is 0 Å². The molecule has 124 valence electrons. The summed E-state index contributed by atoms with van der Waals surface area (Å²) in [4.78, 5) is 21.5. The maximum atomic E-state index is 12.6. The lowest BCUT2D eigenvalue weighted by atomic mass is 10.0. The third-order valence-electron chi connectivity index (χ3n) is 4.46. The first-order valence-corrected chi connectivity index (χ1v) is 9.36. The monoisotopic (exact) mass is 336 g/mol. The Morgan fingerprint density at radius 1 is 1.35 bits per heavy atom. The minimum Gasteiger partial charge on any atom is -0.345 e. The number of rotatable bonds is 3. The van der Waals surface area contributed by atoms with Crippen molar-refractivity contribution in [1.29, 1.82) is 0 Å². The number of sulfonamides is 1. The van der Waals surface area contributed by atoms with E-state index in [4.69, 9.17) is 0 Å². The van der Waals surface area contributed by atoms with E-state index in [1.807, 2.05) is 6.07 Å². The highest BCUT2D eigenvalue weighted by molar-refractivity contribution is 7.88. The van der Waals surface area contributed by atoms with Gasteiger partial charge in [-0.2, -0.15) is 0 Å². The molecule has 3 rings (SSSR count). The minimum absolute atomic E-state index is 0.0260. The molecule has 0 radical (unpaired) electrons. The Balaban J connectivity index is 1.68. The smallest absolute Gasteiger partial charge is 0.253 e. The van der Waals surface area contributed by atoms with E-state index in [-0.39, 0.29) is 11.9 Å². The largest absolute Gasteiger partial charge is 0.345 e. The highest BCUT2D eigenvalue weighted by Crippen LogP contribution is 2.20. The fourth-order valence-corrected chi connectivity index (χ4v) is 3.71. The first-order valence-electron chi connectivity index (χ1n) is 7.51.